The van der Waals surface area contributed by atoms with E-state index in [1.54, 1.807) is 12.1 Å². The number of nitrogens with one attached hydrogen (secondary N) is 4. The molecular formula is C22H33N7O7. The molecule has 11 N–H and O–H groups in total. The minimum Gasteiger partial charge on any atom is -0.508 e. The Hall–Kier alpha value is -3.91. The van der Waals surface area contributed by atoms with Gasteiger partial charge in [0.15, 0.2) is 5.96 Å². The molecule has 1 aliphatic rings. The minimum absolute atomic E-state index is 0.00249. The maximum Gasteiger partial charge on any atom is 0.326 e. The minimum atomic E-state index is -1.26. The van der Waals surface area contributed by atoms with Crippen molar-refractivity contribution < 1.29 is 34.5 Å². The smallest absolute Gasteiger partial charge is 0.326 e. The molecule has 1 saturated heterocycles. The molecule has 0 radical (unpaired) electrons. The van der Waals surface area contributed by atoms with E-state index in [0.29, 0.717) is 12.0 Å². The van der Waals surface area contributed by atoms with E-state index in [4.69, 9.17) is 11.5 Å². The van der Waals surface area contributed by atoms with Crippen LogP contribution in [0.3, 0.4) is 0 Å². The Morgan fingerprint density at radius 2 is 1.81 bits per heavy atom. The van der Waals surface area contributed by atoms with Crippen LogP contribution >= 0.6 is 0 Å². The highest BCUT2D eigenvalue weighted by Gasteiger charge is 2.29. The van der Waals surface area contributed by atoms with Gasteiger partial charge in [0, 0.05) is 19.5 Å². The van der Waals surface area contributed by atoms with Crippen LogP contribution in [-0.2, 0) is 25.6 Å². The third-order valence-corrected chi connectivity index (χ3v) is 5.44. The second-order valence-corrected chi connectivity index (χ2v) is 8.41. The normalized spacial score (nSPS) is 18.5. The van der Waals surface area contributed by atoms with E-state index in [1.165, 1.54) is 12.1 Å². The fraction of sp³-hybridized carbons (Fsp3) is 0.500. The van der Waals surface area contributed by atoms with E-state index in [-0.39, 0.29) is 44.1 Å². The molecule has 0 bridgehead atoms. The van der Waals surface area contributed by atoms with E-state index in [9.17, 15) is 34.5 Å². The molecule has 4 atom stereocenters. The largest absolute Gasteiger partial charge is 0.508 e. The highest BCUT2D eigenvalue weighted by molar-refractivity contribution is 5.92. The van der Waals surface area contributed by atoms with Gasteiger partial charge in [-0.2, -0.15) is 0 Å². The van der Waals surface area contributed by atoms with E-state index >= 15 is 0 Å². The zero-order chi connectivity index (χ0) is 26.7. The lowest BCUT2D eigenvalue weighted by Crippen LogP contribution is -2.54. The van der Waals surface area contributed by atoms with Crippen LogP contribution in [0.4, 0.5) is 0 Å². The number of phenolic OH excluding ortho intramolecular Hbond substituents is 1. The molecule has 1 fully saturated rings. The van der Waals surface area contributed by atoms with Gasteiger partial charge in [-0.15, -0.1) is 0 Å². The zero-order valence-corrected chi connectivity index (χ0v) is 19.6. The summed E-state index contributed by atoms with van der Waals surface area (Å²) in [5.74, 6) is -3.24. The first-order valence-corrected chi connectivity index (χ1v) is 11.4. The van der Waals surface area contributed by atoms with E-state index in [1.807, 2.05) is 0 Å². The number of guanidine groups is 1. The number of β-amino-alcohol motifs (C(OH)–C–C–N with tert-alkyl or cyclic N) is 1. The Kier molecular flexibility index (Phi) is 10.9. The molecule has 14 heteroatoms. The number of phenols is 1. The molecule has 3 amide bonds. The molecule has 1 aromatic carbocycles. The summed E-state index contributed by atoms with van der Waals surface area (Å²) < 4.78 is 0. The number of carbonyl (C=O) groups excluding carboxylic acids is 3. The van der Waals surface area contributed by atoms with Crippen molar-refractivity contribution in [3.8, 4) is 5.75 Å². The number of hydrogen-bond donors (Lipinski definition) is 9. The van der Waals surface area contributed by atoms with Crippen LogP contribution < -0.4 is 32.7 Å². The first-order valence-electron chi connectivity index (χ1n) is 11.4. The number of rotatable bonds is 13. The third kappa shape index (κ3) is 9.76. The summed E-state index contributed by atoms with van der Waals surface area (Å²) in [6, 6.07) is 2.92. The summed E-state index contributed by atoms with van der Waals surface area (Å²) in [6.07, 6.45) is -0.0787. The van der Waals surface area contributed by atoms with Gasteiger partial charge in [0.25, 0.3) is 0 Å². The highest BCUT2D eigenvalue weighted by atomic mass is 16.4. The molecule has 14 nitrogen and oxygen atoms in total. The SMILES string of the molecule is NC(N)=NCCC[C@H](NC(=O)[C@H](Cc1ccc(O)cc1)NC(=O)CNC(=O)[C@@H]1C[C@@H](O)CN1)C(=O)O. The first-order chi connectivity index (χ1) is 17.0. The Balaban J connectivity index is 2.02. The lowest BCUT2D eigenvalue weighted by Gasteiger charge is -2.22. The molecule has 0 aliphatic carbocycles. The van der Waals surface area contributed by atoms with Gasteiger partial charge in [0.1, 0.15) is 17.8 Å². The lowest BCUT2D eigenvalue weighted by atomic mass is 10.0. The molecule has 198 valence electrons. The molecule has 0 aromatic heterocycles. The second-order valence-electron chi connectivity index (χ2n) is 8.41. The van der Waals surface area contributed by atoms with Crippen LogP contribution in [0.1, 0.15) is 24.8 Å². The average molecular weight is 508 g/mol. The number of aliphatic hydroxyl groups excluding tert-OH is 1. The van der Waals surface area contributed by atoms with Gasteiger partial charge in [-0.05, 0) is 37.0 Å². The number of nitrogens with zero attached hydrogens (tertiary/aromatic N) is 1. The Morgan fingerprint density at radius 1 is 1.11 bits per heavy atom. The fourth-order valence-corrected chi connectivity index (χ4v) is 3.56. The van der Waals surface area contributed by atoms with Crippen molar-refractivity contribution in [2.45, 2.75) is 49.9 Å². The quantitative estimate of drug-likeness (QED) is 0.0739. The van der Waals surface area contributed by atoms with Crippen molar-refractivity contribution in [1.29, 1.82) is 0 Å². The molecule has 1 aliphatic heterocycles. The van der Waals surface area contributed by atoms with E-state index in [2.05, 4.69) is 26.3 Å². The molecule has 0 saturated carbocycles. The van der Waals surface area contributed by atoms with Gasteiger partial charge in [-0.3, -0.25) is 19.4 Å². The summed E-state index contributed by atoms with van der Waals surface area (Å²) in [4.78, 5) is 53.1. The van der Waals surface area contributed by atoms with Crippen LogP contribution in [0.5, 0.6) is 5.75 Å². The van der Waals surface area contributed by atoms with Crippen molar-refractivity contribution >= 4 is 29.7 Å². The van der Waals surface area contributed by atoms with Crippen molar-refractivity contribution in [1.82, 2.24) is 21.3 Å². The molecular weight excluding hydrogens is 474 g/mol. The zero-order valence-electron chi connectivity index (χ0n) is 19.6. The van der Waals surface area contributed by atoms with Crippen LogP contribution in [0.2, 0.25) is 0 Å². The van der Waals surface area contributed by atoms with Crippen LogP contribution in [0, 0.1) is 0 Å². The van der Waals surface area contributed by atoms with Crippen molar-refractivity contribution in [2.75, 3.05) is 19.6 Å². The summed E-state index contributed by atoms with van der Waals surface area (Å²) in [6.45, 7) is 0.0332. The fourth-order valence-electron chi connectivity index (χ4n) is 3.56. The first kappa shape index (κ1) is 28.3. The second kappa shape index (κ2) is 13.8. The number of aliphatic carboxylic acids is 1. The average Bonchev–Trinajstić information content (AvgIpc) is 3.26. The van der Waals surface area contributed by atoms with Gasteiger partial charge in [-0.1, -0.05) is 12.1 Å². The van der Waals surface area contributed by atoms with Gasteiger partial charge in [-0.25, -0.2) is 4.79 Å². The summed E-state index contributed by atoms with van der Waals surface area (Å²) in [7, 11) is 0. The number of carboxylic acids is 1. The Bertz CT molecular complexity index is 951. The van der Waals surface area contributed by atoms with Crippen LogP contribution in [0.25, 0.3) is 0 Å². The standard InChI is InChI=1S/C22H33N7O7/c23-22(24)25-7-1-2-15(21(35)36)29-20(34)17(8-12-3-5-13(30)6-4-12)28-18(32)11-27-19(33)16-9-14(31)10-26-16/h3-6,14-17,26,30-31H,1-2,7-11H2,(H,27,33)(H,28,32)(H,29,34)(H,35,36)(H4,23,24,25)/t14-,15+,16+,17+/m1/s1. The van der Waals surface area contributed by atoms with E-state index in [0.717, 1.165) is 0 Å². The predicted molar refractivity (Wildman–Crippen MR) is 129 cm³/mol. The third-order valence-electron chi connectivity index (χ3n) is 5.44. The number of aliphatic imine (C=N–C) groups is 1. The number of benzene rings is 1. The van der Waals surface area contributed by atoms with E-state index < -0.39 is 54.5 Å². The number of carboxylic acid groups (broad SMARTS) is 1. The maximum atomic E-state index is 13.0. The number of aliphatic hydroxyl groups is 1. The number of amides is 3. The molecule has 0 spiro atoms. The number of nitrogens with two attached hydrogens (primary N) is 2. The van der Waals surface area contributed by atoms with Crippen molar-refractivity contribution in [2.24, 2.45) is 16.5 Å². The number of hydrogen-bond acceptors (Lipinski definition) is 8. The Morgan fingerprint density at radius 3 is 2.39 bits per heavy atom. The van der Waals surface area contributed by atoms with Crippen molar-refractivity contribution in [3.63, 3.8) is 0 Å². The molecule has 36 heavy (non-hydrogen) atoms. The van der Waals surface area contributed by atoms with Gasteiger partial charge < -0.3 is 48.1 Å². The topological polar surface area (TPSA) is 241 Å². The molecule has 1 heterocycles. The number of carbonyl (C=O) groups is 4. The number of aromatic hydroxyl groups is 1. The van der Waals surface area contributed by atoms with Crippen molar-refractivity contribution in [3.05, 3.63) is 29.8 Å². The van der Waals surface area contributed by atoms with Gasteiger partial charge >= 0.3 is 5.97 Å². The monoisotopic (exact) mass is 507 g/mol. The van der Waals surface area contributed by atoms with Gasteiger partial charge in [0.2, 0.25) is 17.7 Å². The lowest BCUT2D eigenvalue weighted by molar-refractivity contribution is -0.142. The molecule has 1 aromatic rings. The summed E-state index contributed by atoms with van der Waals surface area (Å²) in [5, 5.41) is 38.7. The van der Waals surface area contributed by atoms with Crippen LogP contribution in [0.15, 0.2) is 29.3 Å². The Labute approximate surface area is 207 Å². The highest BCUT2D eigenvalue weighted by Crippen LogP contribution is 2.12. The molecule has 2 rings (SSSR count). The summed E-state index contributed by atoms with van der Waals surface area (Å²) in [5.41, 5.74) is 11.1. The van der Waals surface area contributed by atoms with Crippen LogP contribution in [-0.4, -0.2) is 88.8 Å². The predicted octanol–water partition coefficient (Wildman–Crippen LogP) is -3.12. The molecule has 0 unspecified atom stereocenters. The maximum absolute atomic E-state index is 13.0. The van der Waals surface area contributed by atoms with Gasteiger partial charge in [0.05, 0.1) is 18.7 Å². The summed E-state index contributed by atoms with van der Waals surface area (Å²) >= 11 is 0.